The van der Waals surface area contributed by atoms with Crippen molar-refractivity contribution in [3.8, 4) is 5.75 Å². The second kappa shape index (κ2) is 7.72. The van der Waals surface area contributed by atoms with Crippen molar-refractivity contribution >= 4 is 15.9 Å². The van der Waals surface area contributed by atoms with Gasteiger partial charge in [0.2, 0.25) is 0 Å². The van der Waals surface area contributed by atoms with Crippen molar-refractivity contribution < 1.29 is 22.6 Å². The van der Waals surface area contributed by atoms with Crippen molar-refractivity contribution in [3.05, 3.63) is 28.2 Å². The molecule has 1 aromatic rings. The number of halogens is 4. The summed E-state index contributed by atoms with van der Waals surface area (Å²) in [6, 6.07) is 5.43. The first-order valence-electron chi connectivity index (χ1n) is 5.69. The summed E-state index contributed by atoms with van der Waals surface area (Å²) < 4.78 is 46.1. The van der Waals surface area contributed by atoms with E-state index in [2.05, 4.69) is 26.0 Å². The predicted molar refractivity (Wildman–Crippen MR) is 69.0 cm³/mol. The van der Waals surface area contributed by atoms with E-state index in [1.165, 1.54) is 0 Å². The van der Waals surface area contributed by atoms with Crippen LogP contribution >= 0.6 is 15.9 Å². The third kappa shape index (κ3) is 6.26. The molecule has 3 nitrogen and oxygen atoms in total. The minimum Gasteiger partial charge on any atom is -0.466 e. The minimum atomic E-state index is -4.34. The van der Waals surface area contributed by atoms with Crippen LogP contribution in [0.15, 0.2) is 22.7 Å². The lowest BCUT2D eigenvalue weighted by Gasteiger charge is -2.14. The van der Waals surface area contributed by atoms with E-state index in [-0.39, 0.29) is 0 Å². The number of alkyl halides is 3. The lowest BCUT2D eigenvalue weighted by molar-refractivity contribution is -0.186. The van der Waals surface area contributed by atoms with Gasteiger partial charge in [-0.2, -0.15) is 13.2 Å². The SMILES string of the molecule is CCNCc1cccc(Br)c1OCOCC(F)(F)F. The summed E-state index contributed by atoms with van der Waals surface area (Å²) in [5.74, 6) is 0.491. The van der Waals surface area contributed by atoms with Gasteiger partial charge < -0.3 is 14.8 Å². The standard InChI is InChI=1S/C12H15BrF3NO2/c1-2-17-6-9-4-3-5-10(13)11(9)19-8-18-7-12(14,15)16/h3-5,17H,2,6-8H2,1H3. The monoisotopic (exact) mass is 341 g/mol. The molecule has 0 heterocycles. The molecule has 0 bridgehead atoms. The first-order chi connectivity index (χ1) is 8.94. The number of ether oxygens (including phenoxy) is 2. The van der Waals surface area contributed by atoms with E-state index in [0.717, 1.165) is 12.1 Å². The Kier molecular flexibility index (Phi) is 6.60. The molecule has 108 valence electrons. The van der Waals surface area contributed by atoms with Crippen molar-refractivity contribution in [3.63, 3.8) is 0 Å². The summed E-state index contributed by atoms with van der Waals surface area (Å²) in [5, 5.41) is 3.13. The molecule has 19 heavy (non-hydrogen) atoms. The number of hydrogen-bond acceptors (Lipinski definition) is 3. The Morgan fingerprint density at radius 2 is 2.05 bits per heavy atom. The molecule has 0 aliphatic heterocycles. The van der Waals surface area contributed by atoms with Crippen molar-refractivity contribution in [1.29, 1.82) is 0 Å². The average Bonchev–Trinajstić information content (AvgIpc) is 2.32. The Balaban J connectivity index is 2.56. The van der Waals surface area contributed by atoms with Crippen LogP contribution in [0.4, 0.5) is 13.2 Å². The van der Waals surface area contributed by atoms with Crippen molar-refractivity contribution in [1.82, 2.24) is 5.32 Å². The zero-order chi connectivity index (χ0) is 14.3. The normalized spacial score (nSPS) is 11.6. The van der Waals surface area contributed by atoms with Gasteiger partial charge in [-0.15, -0.1) is 0 Å². The van der Waals surface area contributed by atoms with Gasteiger partial charge in [0.25, 0.3) is 0 Å². The fourth-order valence-electron chi connectivity index (χ4n) is 1.37. The minimum absolute atomic E-state index is 0.443. The summed E-state index contributed by atoms with van der Waals surface area (Å²) in [4.78, 5) is 0. The molecule has 0 aliphatic carbocycles. The lowest BCUT2D eigenvalue weighted by atomic mass is 10.2. The molecule has 0 aliphatic rings. The summed E-state index contributed by atoms with van der Waals surface area (Å²) in [7, 11) is 0. The third-order valence-corrected chi connectivity index (χ3v) is 2.79. The first-order valence-corrected chi connectivity index (χ1v) is 6.48. The third-order valence-electron chi connectivity index (χ3n) is 2.17. The molecule has 0 saturated heterocycles. The maximum Gasteiger partial charge on any atom is 0.411 e. The van der Waals surface area contributed by atoms with Crippen LogP contribution < -0.4 is 10.1 Å². The average molecular weight is 342 g/mol. The Hall–Kier alpha value is -0.790. The van der Waals surface area contributed by atoms with Crippen LogP contribution in [0.5, 0.6) is 5.75 Å². The van der Waals surface area contributed by atoms with Gasteiger partial charge in [0.05, 0.1) is 4.47 Å². The molecule has 0 amide bonds. The van der Waals surface area contributed by atoms with E-state index in [1.807, 2.05) is 19.1 Å². The Bertz CT molecular complexity index is 399. The van der Waals surface area contributed by atoms with Crippen molar-refractivity contribution in [2.24, 2.45) is 0 Å². The quantitative estimate of drug-likeness (QED) is 0.608. The summed E-state index contributed by atoms with van der Waals surface area (Å²) in [6.45, 7) is 1.56. The predicted octanol–water partition coefficient (Wildman–Crippen LogP) is 3.47. The molecule has 1 rings (SSSR count). The van der Waals surface area contributed by atoms with E-state index < -0.39 is 19.6 Å². The number of benzene rings is 1. The lowest BCUT2D eigenvalue weighted by Crippen LogP contribution is -2.19. The van der Waals surface area contributed by atoms with Crippen molar-refractivity contribution in [2.75, 3.05) is 19.9 Å². The van der Waals surface area contributed by atoms with Gasteiger partial charge in [0, 0.05) is 12.1 Å². The van der Waals surface area contributed by atoms with Crippen LogP contribution in [0.2, 0.25) is 0 Å². The van der Waals surface area contributed by atoms with Crippen LogP contribution in [0.25, 0.3) is 0 Å². The highest BCUT2D eigenvalue weighted by Gasteiger charge is 2.27. The maximum atomic E-state index is 11.9. The Morgan fingerprint density at radius 3 is 2.68 bits per heavy atom. The largest absolute Gasteiger partial charge is 0.466 e. The molecule has 1 aromatic carbocycles. The number of nitrogens with one attached hydrogen (secondary N) is 1. The van der Waals surface area contributed by atoms with Gasteiger partial charge in [-0.3, -0.25) is 0 Å². The highest BCUT2D eigenvalue weighted by molar-refractivity contribution is 9.10. The zero-order valence-electron chi connectivity index (χ0n) is 10.4. The van der Waals surface area contributed by atoms with Gasteiger partial charge in [0.1, 0.15) is 12.4 Å². The van der Waals surface area contributed by atoms with E-state index in [1.54, 1.807) is 6.07 Å². The molecular formula is C12H15BrF3NO2. The van der Waals surface area contributed by atoms with Crippen LogP contribution in [0.1, 0.15) is 12.5 Å². The van der Waals surface area contributed by atoms with Gasteiger partial charge in [-0.1, -0.05) is 19.1 Å². The van der Waals surface area contributed by atoms with E-state index in [4.69, 9.17) is 4.74 Å². The molecule has 0 spiro atoms. The topological polar surface area (TPSA) is 30.5 Å². The van der Waals surface area contributed by atoms with Gasteiger partial charge >= 0.3 is 6.18 Å². The van der Waals surface area contributed by atoms with Crippen LogP contribution in [-0.4, -0.2) is 26.1 Å². The molecule has 0 atom stereocenters. The number of rotatable bonds is 7. The zero-order valence-corrected chi connectivity index (χ0v) is 12.0. The molecule has 0 unspecified atom stereocenters. The number of para-hydroxylation sites is 1. The van der Waals surface area contributed by atoms with Gasteiger partial charge in [-0.25, -0.2) is 0 Å². The van der Waals surface area contributed by atoms with E-state index in [0.29, 0.717) is 16.8 Å². The molecule has 0 fully saturated rings. The van der Waals surface area contributed by atoms with Crippen molar-refractivity contribution in [2.45, 2.75) is 19.6 Å². The van der Waals surface area contributed by atoms with E-state index in [9.17, 15) is 13.2 Å². The number of hydrogen-bond donors (Lipinski definition) is 1. The molecule has 0 radical (unpaired) electrons. The highest BCUT2D eigenvalue weighted by atomic mass is 79.9. The molecule has 0 saturated carbocycles. The summed E-state index contributed by atoms with van der Waals surface area (Å²) in [6.07, 6.45) is -4.34. The first kappa shape index (κ1) is 16.3. The molecule has 7 heteroatoms. The van der Waals surface area contributed by atoms with Gasteiger partial charge in [0.15, 0.2) is 6.79 Å². The highest BCUT2D eigenvalue weighted by Crippen LogP contribution is 2.29. The summed E-state index contributed by atoms with van der Waals surface area (Å²) in [5.41, 5.74) is 0.854. The van der Waals surface area contributed by atoms with E-state index >= 15 is 0 Å². The summed E-state index contributed by atoms with van der Waals surface area (Å²) >= 11 is 3.30. The Morgan fingerprint density at radius 1 is 1.32 bits per heavy atom. The molecular weight excluding hydrogens is 327 g/mol. The fourth-order valence-corrected chi connectivity index (χ4v) is 1.89. The maximum absolute atomic E-state index is 11.9. The fraction of sp³-hybridized carbons (Fsp3) is 0.500. The second-order valence-corrected chi connectivity index (χ2v) is 4.59. The van der Waals surface area contributed by atoms with Gasteiger partial charge in [-0.05, 0) is 28.5 Å². The van der Waals surface area contributed by atoms with Crippen LogP contribution in [0, 0.1) is 0 Å². The smallest absolute Gasteiger partial charge is 0.411 e. The van der Waals surface area contributed by atoms with Crippen LogP contribution in [-0.2, 0) is 11.3 Å². The molecule has 1 N–H and O–H groups in total. The Labute approximate surface area is 118 Å². The second-order valence-electron chi connectivity index (χ2n) is 3.73. The molecule has 0 aromatic heterocycles. The van der Waals surface area contributed by atoms with Crippen LogP contribution in [0.3, 0.4) is 0 Å².